The molecular weight excluding hydrogens is 739 g/mol. The topological polar surface area (TPSA) is 152 Å². The number of fused-ring (bicyclic) bond motifs is 1. The molecule has 5 N–H and O–H groups in total. The highest BCUT2D eigenvalue weighted by Gasteiger charge is 2.42. The van der Waals surface area contributed by atoms with Crippen molar-refractivity contribution in [1.82, 2.24) is 10.8 Å². The van der Waals surface area contributed by atoms with Crippen LogP contribution in [0.25, 0.3) is 11.1 Å². The third-order valence-electron chi connectivity index (χ3n) is 8.69. The minimum Gasteiger partial charge on any atom is -0.455 e. The van der Waals surface area contributed by atoms with Crippen LogP contribution in [0.3, 0.4) is 0 Å². The summed E-state index contributed by atoms with van der Waals surface area (Å²) in [5.41, 5.74) is 14.4. The standard InChI is InChI=1S/C34H31F3N4O6.C9H11N/c1-22(42)39-27-8-5-7-26(19-27)25-14-12-23(13-15-25)21-41(32(44)17-16-31(43)40-47-33(45)34(35,36)37)29-10-2-3-11-30(29)46-28-9-4-6-24(18-28)20-38;1-2-4-9-7-10-6-5-8(9)3-1/h2-15,18-19H,16-17,20-21,38H2,1H3,(H,39,42)(H,40,43);1-4,10H,5-7H2. The number of benzene rings is 5. The molecule has 0 aliphatic carbocycles. The van der Waals surface area contributed by atoms with Crippen molar-refractivity contribution in [1.29, 1.82) is 0 Å². The van der Waals surface area contributed by atoms with Crippen molar-refractivity contribution in [3.8, 4) is 22.6 Å². The number of carbonyl (C=O) groups excluding carboxylic acids is 4. The molecule has 11 nitrogen and oxygen atoms in total. The van der Waals surface area contributed by atoms with Gasteiger partial charge in [0.15, 0.2) is 5.75 Å². The van der Waals surface area contributed by atoms with Crippen LogP contribution in [0.15, 0.2) is 121 Å². The van der Waals surface area contributed by atoms with Crippen molar-refractivity contribution in [3.05, 3.63) is 144 Å². The number of rotatable bonds is 11. The van der Waals surface area contributed by atoms with E-state index in [2.05, 4.69) is 39.7 Å². The summed E-state index contributed by atoms with van der Waals surface area (Å²) in [5, 5.41) is 6.09. The summed E-state index contributed by atoms with van der Waals surface area (Å²) in [6.07, 6.45) is -5.10. The van der Waals surface area contributed by atoms with Gasteiger partial charge in [0, 0.05) is 38.5 Å². The lowest BCUT2D eigenvalue weighted by atomic mass is 10.0. The number of para-hydroxylation sites is 2. The first-order chi connectivity index (χ1) is 27.4. The van der Waals surface area contributed by atoms with E-state index in [1.165, 1.54) is 34.9 Å². The van der Waals surface area contributed by atoms with Gasteiger partial charge in [-0.15, -0.1) is 0 Å². The molecule has 1 heterocycles. The lowest BCUT2D eigenvalue weighted by Crippen LogP contribution is -2.36. The first-order valence-electron chi connectivity index (χ1n) is 18.1. The number of carbonyl (C=O) groups is 4. The second-order valence-corrected chi connectivity index (χ2v) is 13.0. The van der Waals surface area contributed by atoms with Crippen LogP contribution in [0.4, 0.5) is 24.5 Å². The molecule has 0 spiro atoms. The van der Waals surface area contributed by atoms with E-state index >= 15 is 0 Å². The molecule has 1 aliphatic heterocycles. The van der Waals surface area contributed by atoms with Crippen molar-refractivity contribution in [2.24, 2.45) is 5.73 Å². The Morgan fingerprint density at radius 3 is 2.23 bits per heavy atom. The second-order valence-electron chi connectivity index (χ2n) is 13.0. The molecule has 0 saturated heterocycles. The van der Waals surface area contributed by atoms with E-state index in [1.807, 2.05) is 48.5 Å². The summed E-state index contributed by atoms with van der Waals surface area (Å²) in [6, 6.07) is 37.1. The molecule has 5 aromatic rings. The second kappa shape index (κ2) is 19.9. The summed E-state index contributed by atoms with van der Waals surface area (Å²) < 4.78 is 43.4. The van der Waals surface area contributed by atoms with E-state index in [9.17, 15) is 32.3 Å². The van der Waals surface area contributed by atoms with Gasteiger partial charge < -0.3 is 30.8 Å². The van der Waals surface area contributed by atoms with E-state index < -0.39 is 36.8 Å². The fraction of sp³-hybridized carbons (Fsp3) is 0.209. The number of alkyl halides is 3. The monoisotopic (exact) mass is 781 g/mol. The minimum absolute atomic E-state index is 0.0406. The number of hydrogen-bond donors (Lipinski definition) is 4. The van der Waals surface area contributed by atoms with Crippen LogP contribution in [0.1, 0.15) is 42.0 Å². The Morgan fingerprint density at radius 1 is 0.789 bits per heavy atom. The summed E-state index contributed by atoms with van der Waals surface area (Å²) in [4.78, 5) is 53.3. The summed E-state index contributed by atoms with van der Waals surface area (Å²) in [7, 11) is 0. The maximum absolute atomic E-state index is 13.6. The molecule has 0 bridgehead atoms. The highest BCUT2D eigenvalue weighted by atomic mass is 19.4. The van der Waals surface area contributed by atoms with E-state index in [0.717, 1.165) is 29.8 Å². The van der Waals surface area contributed by atoms with E-state index in [1.54, 1.807) is 48.5 Å². The van der Waals surface area contributed by atoms with Gasteiger partial charge in [-0.05, 0) is 82.7 Å². The predicted octanol–water partition coefficient (Wildman–Crippen LogP) is 7.35. The SMILES string of the molecule is CC(=O)Nc1cccc(-c2ccc(CN(C(=O)CCC(=O)NOC(=O)C(F)(F)F)c3ccccc3Oc3cccc(CN)c3)cc2)c1.c1ccc2c(c1)CCNC2. The molecule has 0 unspecified atom stereocenters. The summed E-state index contributed by atoms with van der Waals surface area (Å²) in [5.74, 6) is -3.63. The quantitative estimate of drug-likeness (QED) is 0.102. The Morgan fingerprint density at radius 2 is 1.51 bits per heavy atom. The summed E-state index contributed by atoms with van der Waals surface area (Å²) in [6.45, 7) is 3.94. The number of anilines is 2. The number of amides is 3. The maximum Gasteiger partial charge on any atom is 0.493 e. The first kappa shape index (κ1) is 41.6. The molecule has 0 aromatic heterocycles. The van der Waals surface area contributed by atoms with Crippen molar-refractivity contribution in [2.45, 2.75) is 52.0 Å². The normalized spacial score (nSPS) is 11.9. The molecule has 296 valence electrons. The molecule has 0 atom stereocenters. The predicted molar refractivity (Wildman–Crippen MR) is 210 cm³/mol. The van der Waals surface area contributed by atoms with E-state index in [0.29, 0.717) is 28.4 Å². The number of nitrogens with two attached hydrogens (primary N) is 1. The Balaban J connectivity index is 0.000000532. The molecule has 0 radical (unpaired) electrons. The largest absolute Gasteiger partial charge is 0.493 e. The average molecular weight is 782 g/mol. The zero-order chi connectivity index (χ0) is 40.8. The van der Waals surface area contributed by atoms with Crippen molar-refractivity contribution in [3.63, 3.8) is 0 Å². The van der Waals surface area contributed by atoms with Gasteiger partial charge in [0.1, 0.15) is 5.75 Å². The number of nitrogens with one attached hydrogen (secondary N) is 3. The molecule has 6 rings (SSSR count). The van der Waals surface area contributed by atoms with Crippen LogP contribution in [0, 0.1) is 0 Å². The van der Waals surface area contributed by atoms with Gasteiger partial charge in [0.2, 0.25) is 11.8 Å². The third kappa shape index (κ3) is 12.5. The molecule has 14 heteroatoms. The maximum atomic E-state index is 13.6. The van der Waals surface area contributed by atoms with Crippen molar-refractivity contribution < 1.29 is 41.9 Å². The van der Waals surface area contributed by atoms with Crippen LogP contribution >= 0.6 is 0 Å². The van der Waals surface area contributed by atoms with Crippen LogP contribution in [-0.2, 0) is 50.1 Å². The smallest absolute Gasteiger partial charge is 0.455 e. The van der Waals surface area contributed by atoms with Gasteiger partial charge in [-0.3, -0.25) is 14.4 Å². The van der Waals surface area contributed by atoms with Gasteiger partial charge in [-0.1, -0.05) is 84.9 Å². The molecule has 3 amide bonds. The van der Waals surface area contributed by atoms with Crippen LogP contribution in [0.2, 0.25) is 0 Å². The van der Waals surface area contributed by atoms with Crippen LogP contribution in [0.5, 0.6) is 11.5 Å². The molecule has 57 heavy (non-hydrogen) atoms. The Kier molecular flexibility index (Phi) is 14.5. The first-order valence-corrected chi connectivity index (χ1v) is 18.1. The Hall–Kier alpha value is -6.51. The van der Waals surface area contributed by atoms with Crippen LogP contribution < -0.4 is 31.5 Å². The minimum atomic E-state index is -5.29. The average Bonchev–Trinajstić information content (AvgIpc) is 3.21. The number of hydroxylamine groups is 1. The Labute approximate surface area is 327 Å². The zero-order valence-corrected chi connectivity index (χ0v) is 31.1. The molecule has 5 aromatic carbocycles. The Bertz CT molecular complexity index is 2150. The van der Waals surface area contributed by atoms with Gasteiger partial charge in [-0.2, -0.15) is 18.7 Å². The van der Waals surface area contributed by atoms with Gasteiger partial charge in [0.05, 0.1) is 12.2 Å². The van der Waals surface area contributed by atoms with Crippen molar-refractivity contribution in [2.75, 3.05) is 16.8 Å². The number of hydrogen-bond acceptors (Lipinski definition) is 8. The van der Waals surface area contributed by atoms with Gasteiger partial charge in [-0.25, -0.2) is 4.79 Å². The number of halogens is 3. The fourth-order valence-corrected chi connectivity index (χ4v) is 5.89. The van der Waals surface area contributed by atoms with Gasteiger partial charge >= 0.3 is 12.1 Å². The molecule has 0 saturated carbocycles. The lowest BCUT2D eigenvalue weighted by Gasteiger charge is -2.25. The zero-order valence-electron chi connectivity index (χ0n) is 31.1. The fourth-order valence-electron chi connectivity index (χ4n) is 5.89. The van der Waals surface area contributed by atoms with E-state index in [-0.39, 0.29) is 19.0 Å². The molecule has 1 aliphatic rings. The number of ether oxygens (including phenoxy) is 1. The molecular formula is C43H42F3N5O6. The van der Waals surface area contributed by atoms with Gasteiger partial charge in [0.25, 0.3) is 5.91 Å². The van der Waals surface area contributed by atoms with Crippen molar-refractivity contribution >= 4 is 35.1 Å². The molecule has 0 fully saturated rings. The number of nitrogens with zero attached hydrogens (tertiary/aromatic N) is 1. The highest BCUT2D eigenvalue weighted by Crippen LogP contribution is 2.34. The van der Waals surface area contributed by atoms with E-state index in [4.69, 9.17) is 10.5 Å². The third-order valence-corrected chi connectivity index (χ3v) is 8.69. The summed E-state index contributed by atoms with van der Waals surface area (Å²) >= 11 is 0. The lowest BCUT2D eigenvalue weighted by molar-refractivity contribution is -0.207. The van der Waals surface area contributed by atoms with Crippen LogP contribution in [-0.4, -0.2) is 36.4 Å². The highest BCUT2D eigenvalue weighted by molar-refractivity contribution is 5.97.